The quantitative estimate of drug-likeness (QED) is 0.368. The normalized spacial score (nSPS) is 14.5. The molecule has 0 radical (unpaired) electrons. The van der Waals surface area contributed by atoms with Crippen molar-refractivity contribution in [1.82, 2.24) is 9.80 Å². The molecule has 0 saturated carbocycles. The van der Waals surface area contributed by atoms with Crippen LogP contribution in [0.15, 0.2) is 84.9 Å². The third-order valence-electron chi connectivity index (χ3n) is 6.36. The van der Waals surface area contributed by atoms with Crippen molar-refractivity contribution in [3.8, 4) is 5.75 Å². The molecule has 1 aliphatic heterocycles. The minimum atomic E-state index is -3.55. The molecule has 0 aromatic heterocycles. The molecule has 4 rings (SSSR count). The van der Waals surface area contributed by atoms with Crippen LogP contribution in [0.2, 0.25) is 5.02 Å². The van der Waals surface area contributed by atoms with E-state index in [4.69, 9.17) is 16.3 Å². The Balaban J connectivity index is 1.26. The standard InChI is InChI=1S/C29H32ClN3O4S/c1-38(35,36)33(22-25-11-5-6-12-28(25)30)26-13-15-27(16-14-26)37-23-29(34)32-20-18-31(19-21-32)17-7-10-24-8-3-2-4-9-24/h2-16H,17-23H2,1H3/b10-7+. The fourth-order valence-electron chi connectivity index (χ4n) is 4.21. The number of sulfonamides is 1. The number of hydrogen-bond acceptors (Lipinski definition) is 5. The lowest BCUT2D eigenvalue weighted by molar-refractivity contribution is -0.135. The zero-order valence-corrected chi connectivity index (χ0v) is 22.9. The van der Waals surface area contributed by atoms with Gasteiger partial charge in [-0.3, -0.25) is 14.0 Å². The van der Waals surface area contributed by atoms with Crippen LogP contribution >= 0.6 is 11.6 Å². The largest absolute Gasteiger partial charge is 0.484 e. The molecule has 3 aromatic rings. The van der Waals surface area contributed by atoms with Crippen molar-refractivity contribution in [2.45, 2.75) is 6.54 Å². The van der Waals surface area contributed by atoms with E-state index in [1.54, 1.807) is 42.5 Å². The van der Waals surface area contributed by atoms with Crippen LogP contribution in [0.1, 0.15) is 11.1 Å². The van der Waals surface area contributed by atoms with E-state index in [1.165, 1.54) is 9.87 Å². The van der Waals surface area contributed by atoms with Gasteiger partial charge in [-0.15, -0.1) is 0 Å². The molecule has 1 aliphatic rings. The van der Waals surface area contributed by atoms with Crippen LogP contribution in [-0.4, -0.2) is 69.7 Å². The lowest BCUT2D eigenvalue weighted by atomic mass is 10.2. The Kier molecular flexibility index (Phi) is 9.44. The van der Waals surface area contributed by atoms with E-state index < -0.39 is 10.0 Å². The number of carbonyl (C=O) groups excluding carboxylic acids is 1. The minimum Gasteiger partial charge on any atom is -0.484 e. The maximum atomic E-state index is 12.7. The van der Waals surface area contributed by atoms with Crippen molar-refractivity contribution in [2.75, 3.05) is 49.9 Å². The van der Waals surface area contributed by atoms with Gasteiger partial charge in [-0.1, -0.05) is 72.3 Å². The monoisotopic (exact) mass is 553 g/mol. The smallest absolute Gasteiger partial charge is 0.260 e. The molecule has 1 heterocycles. The number of ether oxygens (including phenoxy) is 1. The molecule has 38 heavy (non-hydrogen) atoms. The average Bonchev–Trinajstić information content (AvgIpc) is 2.92. The maximum absolute atomic E-state index is 12.7. The van der Waals surface area contributed by atoms with E-state index in [-0.39, 0.29) is 19.1 Å². The maximum Gasteiger partial charge on any atom is 0.260 e. The first-order valence-corrected chi connectivity index (χ1v) is 14.7. The number of hydrogen-bond donors (Lipinski definition) is 0. The summed E-state index contributed by atoms with van der Waals surface area (Å²) in [5.74, 6) is 0.433. The number of rotatable bonds is 10. The Hall–Kier alpha value is -3.33. The second-order valence-electron chi connectivity index (χ2n) is 9.14. The van der Waals surface area contributed by atoms with Crippen LogP contribution in [0.4, 0.5) is 5.69 Å². The first-order chi connectivity index (χ1) is 18.3. The van der Waals surface area contributed by atoms with E-state index in [2.05, 4.69) is 29.2 Å². The van der Waals surface area contributed by atoms with Crippen molar-refractivity contribution in [3.05, 3.63) is 101 Å². The summed E-state index contributed by atoms with van der Waals surface area (Å²) in [6.45, 7) is 3.84. The molecule has 0 bridgehead atoms. The predicted octanol–water partition coefficient (Wildman–Crippen LogP) is 4.54. The van der Waals surface area contributed by atoms with E-state index >= 15 is 0 Å². The number of piperazine rings is 1. The van der Waals surface area contributed by atoms with Crippen LogP contribution in [0.3, 0.4) is 0 Å². The van der Waals surface area contributed by atoms with Crippen LogP contribution in [-0.2, 0) is 21.4 Å². The van der Waals surface area contributed by atoms with Gasteiger partial charge in [0.2, 0.25) is 10.0 Å². The van der Waals surface area contributed by atoms with Gasteiger partial charge in [0.1, 0.15) is 5.75 Å². The first-order valence-electron chi connectivity index (χ1n) is 12.5. The molecule has 200 valence electrons. The summed E-state index contributed by atoms with van der Waals surface area (Å²) in [5, 5.41) is 0.504. The summed E-state index contributed by atoms with van der Waals surface area (Å²) in [4.78, 5) is 16.8. The van der Waals surface area contributed by atoms with Crippen LogP contribution in [0, 0.1) is 0 Å². The van der Waals surface area contributed by atoms with Crippen molar-refractivity contribution in [3.63, 3.8) is 0 Å². The van der Waals surface area contributed by atoms with E-state index in [1.807, 2.05) is 29.2 Å². The van der Waals surface area contributed by atoms with Gasteiger partial charge in [0.15, 0.2) is 6.61 Å². The van der Waals surface area contributed by atoms with Crippen LogP contribution in [0.5, 0.6) is 5.75 Å². The topological polar surface area (TPSA) is 70.2 Å². The zero-order chi connectivity index (χ0) is 27.0. The Morgan fingerprint density at radius 3 is 2.26 bits per heavy atom. The van der Waals surface area contributed by atoms with E-state index in [0.29, 0.717) is 35.1 Å². The number of halogens is 1. The molecule has 9 heteroatoms. The Bertz CT molecular complexity index is 1340. The molecule has 1 saturated heterocycles. The van der Waals surface area contributed by atoms with E-state index in [0.717, 1.165) is 25.9 Å². The molecule has 1 fully saturated rings. The van der Waals surface area contributed by atoms with Gasteiger partial charge in [0, 0.05) is 37.7 Å². The number of amides is 1. The summed E-state index contributed by atoms with van der Waals surface area (Å²) >= 11 is 6.24. The second-order valence-corrected chi connectivity index (χ2v) is 11.5. The fraction of sp³-hybridized carbons (Fsp3) is 0.276. The second kappa shape index (κ2) is 13.0. The van der Waals surface area contributed by atoms with Gasteiger partial charge in [-0.05, 0) is 41.5 Å². The van der Waals surface area contributed by atoms with E-state index in [9.17, 15) is 13.2 Å². The van der Waals surface area contributed by atoms with Crippen molar-refractivity contribution >= 4 is 39.3 Å². The summed E-state index contributed by atoms with van der Waals surface area (Å²) in [5.41, 5.74) is 2.37. The molecule has 7 nitrogen and oxygen atoms in total. The summed E-state index contributed by atoms with van der Waals surface area (Å²) in [6, 6.07) is 24.0. The molecule has 0 spiro atoms. The third-order valence-corrected chi connectivity index (χ3v) is 7.87. The van der Waals surface area contributed by atoms with Gasteiger partial charge in [0.05, 0.1) is 18.5 Å². The highest BCUT2D eigenvalue weighted by Crippen LogP contribution is 2.26. The first kappa shape index (κ1) is 27.7. The van der Waals surface area contributed by atoms with Gasteiger partial charge in [-0.25, -0.2) is 8.42 Å². The summed E-state index contributed by atoms with van der Waals surface area (Å²) in [6.07, 6.45) is 5.42. The Morgan fingerprint density at radius 1 is 0.947 bits per heavy atom. The lowest BCUT2D eigenvalue weighted by Gasteiger charge is -2.34. The predicted molar refractivity (Wildman–Crippen MR) is 153 cm³/mol. The summed E-state index contributed by atoms with van der Waals surface area (Å²) in [7, 11) is -3.55. The summed E-state index contributed by atoms with van der Waals surface area (Å²) < 4.78 is 31.9. The zero-order valence-electron chi connectivity index (χ0n) is 21.4. The molecular formula is C29H32ClN3O4S. The number of benzene rings is 3. The van der Waals surface area contributed by atoms with Gasteiger partial charge >= 0.3 is 0 Å². The molecule has 3 aromatic carbocycles. The highest BCUT2D eigenvalue weighted by molar-refractivity contribution is 7.92. The highest BCUT2D eigenvalue weighted by Gasteiger charge is 2.22. The molecule has 0 aliphatic carbocycles. The fourth-order valence-corrected chi connectivity index (χ4v) is 5.28. The van der Waals surface area contributed by atoms with Crippen molar-refractivity contribution < 1.29 is 17.9 Å². The van der Waals surface area contributed by atoms with Gasteiger partial charge in [0.25, 0.3) is 5.91 Å². The molecule has 1 amide bonds. The number of carbonyl (C=O) groups is 1. The average molecular weight is 554 g/mol. The van der Waals surface area contributed by atoms with Gasteiger partial charge < -0.3 is 9.64 Å². The molecule has 0 unspecified atom stereocenters. The third kappa shape index (κ3) is 7.84. The number of nitrogens with zero attached hydrogens (tertiary/aromatic N) is 3. The van der Waals surface area contributed by atoms with Crippen molar-refractivity contribution in [1.29, 1.82) is 0 Å². The SMILES string of the molecule is CS(=O)(=O)N(Cc1ccccc1Cl)c1ccc(OCC(=O)N2CCN(C/C=C/c3ccccc3)CC2)cc1. The lowest BCUT2D eigenvalue weighted by Crippen LogP contribution is -2.49. The Morgan fingerprint density at radius 2 is 1.61 bits per heavy atom. The van der Waals surface area contributed by atoms with Crippen LogP contribution < -0.4 is 9.04 Å². The number of anilines is 1. The van der Waals surface area contributed by atoms with Gasteiger partial charge in [-0.2, -0.15) is 0 Å². The Labute approximate surface area is 229 Å². The molecule has 0 N–H and O–H groups in total. The van der Waals surface area contributed by atoms with Crippen molar-refractivity contribution in [2.24, 2.45) is 0 Å². The minimum absolute atomic E-state index is 0.0648. The van der Waals surface area contributed by atoms with Crippen LogP contribution in [0.25, 0.3) is 6.08 Å². The molecular weight excluding hydrogens is 522 g/mol. The molecule has 0 atom stereocenters. The highest BCUT2D eigenvalue weighted by atomic mass is 35.5.